The maximum atomic E-state index is 3.26. The number of hydrogen-bond acceptors (Lipinski definition) is 0. The molecular formula is C11H9N2Na2+. The van der Waals surface area contributed by atoms with E-state index in [9.17, 15) is 0 Å². The van der Waals surface area contributed by atoms with E-state index in [2.05, 4.69) is 34.2 Å². The van der Waals surface area contributed by atoms with Crippen LogP contribution in [0.2, 0.25) is 0 Å². The molecule has 0 atom stereocenters. The molecule has 0 saturated heterocycles. The molecule has 3 rings (SSSR count). The van der Waals surface area contributed by atoms with Crippen LogP contribution < -0.4 is 4.98 Å². The fourth-order valence-electron chi connectivity index (χ4n) is 1.73. The molecule has 0 bridgehead atoms. The number of H-pyrrole nitrogens is 2. The van der Waals surface area contributed by atoms with Gasteiger partial charge in [0.25, 0.3) is 0 Å². The van der Waals surface area contributed by atoms with E-state index in [0.29, 0.717) is 0 Å². The van der Waals surface area contributed by atoms with Gasteiger partial charge in [-0.25, -0.2) is 4.98 Å². The van der Waals surface area contributed by atoms with Gasteiger partial charge in [0, 0.05) is 76.8 Å². The van der Waals surface area contributed by atoms with Gasteiger partial charge in [-0.2, -0.15) is 0 Å². The largest absolute Gasteiger partial charge is 0.361 e. The molecule has 64 valence electrons. The van der Waals surface area contributed by atoms with E-state index in [1.807, 2.05) is 18.5 Å². The number of aromatic amines is 2. The summed E-state index contributed by atoms with van der Waals surface area (Å²) in [5.41, 5.74) is 2.37. The van der Waals surface area contributed by atoms with Crippen LogP contribution in [0.3, 0.4) is 0 Å². The van der Waals surface area contributed by atoms with Gasteiger partial charge < -0.3 is 4.98 Å². The molecule has 2 nitrogen and oxygen atoms in total. The molecule has 4 heteroatoms. The van der Waals surface area contributed by atoms with Crippen LogP contribution in [0, 0.1) is 0 Å². The number of hydrogen-bond donors (Lipinski definition) is 1. The number of benzene rings is 1. The molecule has 15 heavy (non-hydrogen) atoms. The summed E-state index contributed by atoms with van der Waals surface area (Å²) in [4.78, 5) is 6.45. The maximum Gasteiger partial charge on any atom is 0.220 e. The summed E-state index contributed by atoms with van der Waals surface area (Å²) >= 11 is 0. The van der Waals surface area contributed by atoms with E-state index in [0.717, 1.165) is 0 Å². The van der Waals surface area contributed by atoms with Gasteiger partial charge in [0.1, 0.15) is 0 Å². The fourth-order valence-corrected chi connectivity index (χ4v) is 1.73. The zero-order valence-corrected chi connectivity index (χ0v) is 13.0. The number of rotatable bonds is 0. The van der Waals surface area contributed by atoms with Crippen molar-refractivity contribution in [3.8, 4) is 0 Å². The van der Waals surface area contributed by atoms with Gasteiger partial charge in [-0.05, 0) is 24.3 Å². The summed E-state index contributed by atoms with van der Waals surface area (Å²) < 4.78 is 0. The number of fused-ring (bicyclic) bond motifs is 3. The molecule has 0 fully saturated rings. The van der Waals surface area contributed by atoms with Crippen molar-refractivity contribution in [1.82, 2.24) is 4.98 Å². The van der Waals surface area contributed by atoms with Crippen molar-refractivity contribution in [2.45, 2.75) is 0 Å². The van der Waals surface area contributed by atoms with Gasteiger partial charge in [0.15, 0.2) is 6.20 Å². The van der Waals surface area contributed by atoms with Crippen LogP contribution in [0.25, 0.3) is 21.8 Å². The van der Waals surface area contributed by atoms with Gasteiger partial charge >= 0.3 is 0 Å². The first-order valence-corrected chi connectivity index (χ1v) is 4.32. The molecule has 0 amide bonds. The monoisotopic (exact) mass is 215 g/mol. The Labute approximate surface area is 132 Å². The Morgan fingerprint density at radius 3 is 2.73 bits per heavy atom. The van der Waals surface area contributed by atoms with Crippen molar-refractivity contribution in [2.24, 2.45) is 0 Å². The molecule has 0 spiro atoms. The summed E-state index contributed by atoms with van der Waals surface area (Å²) in [5, 5.41) is 2.49. The number of aromatic nitrogens is 2. The molecule has 0 aliphatic carbocycles. The predicted octanol–water partition coefficient (Wildman–Crippen LogP) is 1.37. The molecule has 0 aliphatic rings. The molecule has 2 aromatic heterocycles. The Bertz CT molecular complexity index is 575. The zero-order valence-electron chi connectivity index (χ0n) is 9.04. The average molecular weight is 215 g/mol. The van der Waals surface area contributed by atoms with Crippen LogP contribution in [0.15, 0.2) is 42.7 Å². The molecule has 3 aromatic rings. The van der Waals surface area contributed by atoms with E-state index in [4.69, 9.17) is 0 Å². The summed E-state index contributed by atoms with van der Waals surface area (Å²) in [6.07, 6.45) is 3.92. The SMILES string of the molecule is [Na].[Na].c1c[nH+]c2c(c1)ccc1[nH]ccc12. The Morgan fingerprint density at radius 2 is 1.87 bits per heavy atom. The summed E-state index contributed by atoms with van der Waals surface area (Å²) in [7, 11) is 0. The van der Waals surface area contributed by atoms with Crippen molar-refractivity contribution in [3.63, 3.8) is 0 Å². The maximum absolute atomic E-state index is 3.26. The number of nitrogens with one attached hydrogen (secondary N) is 2. The van der Waals surface area contributed by atoms with Crippen LogP contribution in [-0.2, 0) is 0 Å². The third-order valence-corrected chi connectivity index (χ3v) is 2.37. The average Bonchev–Trinajstić information content (AvgIpc) is 2.65. The normalized spacial score (nSPS) is 9.60. The third kappa shape index (κ3) is 2.31. The summed E-state index contributed by atoms with van der Waals surface area (Å²) in [5.74, 6) is 0. The quantitative estimate of drug-likeness (QED) is 0.549. The van der Waals surface area contributed by atoms with Gasteiger partial charge in [-0.3, -0.25) is 0 Å². The minimum Gasteiger partial charge on any atom is -0.361 e. The summed E-state index contributed by atoms with van der Waals surface area (Å²) in [6, 6.07) is 10.4. The van der Waals surface area contributed by atoms with Crippen molar-refractivity contribution >= 4 is 80.9 Å². The summed E-state index contributed by atoms with van der Waals surface area (Å²) in [6.45, 7) is 0. The van der Waals surface area contributed by atoms with E-state index >= 15 is 0 Å². The van der Waals surface area contributed by atoms with Gasteiger partial charge in [0.2, 0.25) is 5.52 Å². The van der Waals surface area contributed by atoms with E-state index in [-0.39, 0.29) is 59.1 Å². The van der Waals surface area contributed by atoms with Crippen molar-refractivity contribution in [2.75, 3.05) is 0 Å². The van der Waals surface area contributed by atoms with Gasteiger partial charge in [-0.1, -0.05) is 0 Å². The second-order valence-electron chi connectivity index (χ2n) is 3.14. The van der Waals surface area contributed by atoms with Gasteiger partial charge in [0.05, 0.1) is 10.9 Å². The molecule has 2 heterocycles. The molecule has 1 aromatic carbocycles. The van der Waals surface area contributed by atoms with Crippen molar-refractivity contribution in [1.29, 1.82) is 0 Å². The van der Waals surface area contributed by atoms with Crippen LogP contribution in [0.1, 0.15) is 0 Å². The smallest absolute Gasteiger partial charge is 0.220 e. The van der Waals surface area contributed by atoms with Gasteiger partial charge in [-0.15, -0.1) is 0 Å². The van der Waals surface area contributed by atoms with Crippen LogP contribution >= 0.6 is 0 Å². The topological polar surface area (TPSA) is 29.9 Å². The molecule has 0 saturated carbocycles. The fraction of sp³-hybridized carbons (Fsp3) is 0. The molecule has 2 N–H and O–H groups in total. The second kappa shape index (κ2) is 5.48. The molecule has 0 aliphatic heterocycles. The Morgan fingerprint density at radius 1 is 1.00 bits per heavy atom. The van der Waals surface area contributed by atoms with Crippen LogP contribution in [-0.4, -0.2) is 64.1 Å². The standard InChI is InChI=1S/C11H8N2.2Na/c1-2-8-3-4-10-9(5-7-12-10)11(8)13-6-1;;/h1-7,12H;;/p+1. The Hall–Kier alpha value is 0.170. The second-order valence-corrected chi connectivity index (χ2v) is 3.14. The molecule has 2 radical (unpaired) electrons. The Balaban J connectivity index is 0.000000562. The van der Waals surface area contributed by atoms with E-state index in [1.54, 1.807) is 0 Å². The van der Waals surface area contributed by atoms with Crippen LogP contribution in [0.5, 0.6) is 0 Å². The first kappa shape index (κ1) is 13.2. The number of pyridine rings is 1. The van der Waals surface area contributed by atoms with Crippen molar-refractivity contribution in [3.05, 3.63) is 42.7 Å². The third-order valence-electron chi connectivity index (χ3n) is 2.37. The minimum absolute atomic E-state index is 0. The zero-order chi connectivity index (χ0) is 8.67. The first-order valence-electron chi connectivity index (χ1n) is 4.32. The predicted molar refractivity (Wildman–Crippen MR) is 63.9 cm³/mol. The van der Waals surface area contributed by atoms with E-state index < -0.39 is 0 Å². The minimum atomic E-state index is 0. The van der Waals surface area contributed by atoms with Crippen LogP contribution in [0.4, 0.5) is 0 Å². The molecular weight excluding hydrogens is 206 g/mol. The van der Waals surface area contributed by atoms with Crippen molar-refractivity contribution < 1.29 is 4.98 Å². The molecule has 0 unspecified atom stereocenters. The first-order chi connectivity index (χ1) is 6.45. The van der Waals surface area contributed by atoms with E-state index in [1.165, 1.54) is 21.8 Å². The Kier molecular flexibility index (Phi) is 4.84.